The number of rotatable bonds is 26. The van der Waals surface area contributed by atoms with Crippen molar-refractivity contribution in [2.24, 2.45) is 5.92 Å². The van der Waals surface area contributed by atoms with Crippen LogP contribution >= 0.6 is 0 Å². The van der Waals surface area contributed by atoms with Crippen molar-refractivity contribution in [1.29, 1.82) is 0 Å². The molecule has 0 radical (unpaired) electrons. The largest absolute Gasteiger partial charge is 0.347 e. The van der Waals surface area contributed by atoms with E-state index in [-0.39, 0.29) is 23.8 Å². The Morgan fingerprint density at radius 3 is 1.20 bits per heavy atom. The molecule has 2 aliphatic heterocycles. The van der Waals surface area contributed by atoms with Gasteiger partial charge in [0.2, 0.25) is 0 Å². The third kappa shape index (κ3) is 14.8. The van der Waals surface area contributed by atoms with Crippen molar-refractivity contribution in [3.05, 3.63) is 0 Å². The summed E-state index contributed by atoms with van der Waals surface area (Å²) in [5, 5.41) is 0. The highest BCUT2D eigenvalue weighted by atomic mass is 16.7. The van der Waals surface area contributed by atoms with E-state index in [1.165, 1.54) is 128 Å². The number of unbranched alkanes of at least 4 members (excludes halogenated alkanes) is 17. The SMILES string of the molecule is CCCCCCCC1(CCCCCCCCCCCCCC2(CCCCCC)OCC(C)O2)OCC(C(C)C)O1. The van der Waals surface area contributed by atoms with Crippen LogP contribution in [0.25, 0.3) is 0 Å². The van der Waals surface area contributed by atoms with Gasteiger partial charge < -0.3 is 18.9 Å². The Labute approximate surface area is 250 Å². The molecule has 0 saturated carbocycles. The number of hydrogen-bond acceptors (Lipinski definition) is 4. The standard InChI is InChI=1S/C36H70O4/c1-6-8-10-19-23-28-36(38-31-34(40-36)32(3)4)29-25-21-18-16-14-12-13-15-17-20-24-27-35(26-22-11-9-7-2)37-30-33(5)39-35/h32-34H,6-31H2,1-5H3. The average molecular weight is 567 g/mol. The van der Waals surface area contributed by atoms with Crippen LogP contribution in [0, 0.1) is 5.92 Å². The van der Waals surface area contributed by atoms with E-state index in [0.29, 0.717) is 5.92 Å². The minimum atomic E-state index is -0.288. The second-order valence-corrected chi connectivity index (χ2v) is 13.6. The predicted molar refractivity (Wildman–Crippen MR) is 170 cm³/mol. The highest BCUT2D eigenvalue weighted by Gasteiger charge is 2.41. The van der Waals surface area contributed by atoms with Gasteiger partial charge in [0.25, 0.3) is 0 Å². The van der Waals surface area contributed by atoms with E-state index in [0.717, 1.165) is 38.9 Å². The molecule has 4 atom stereocenters. The Hall–Kier alpha value is -0.160. The van der Waals surface area contributed by atoms with Gasteiger partial charge in [-0.15, -0.1) is 0 Å². The zero-order valence-corrected chi connectivity index (χ0v) is 27.7. The molecule has 0 N–H and O–H groups in total. The molecule has 2 heterocycles. The van der Waals surface area contributed by atoms with E-state index in [4.69, 9.17) is 18.9 Å². The molecule has 2 aliphatic rings. The van der Waals surface area contributed by atoms with E-state index >= 15 is 0 Å². The Morgan fingerprint density at radius 2 is 0.850 bits per heavy atom. The van der Waals surface area contributed by atoms with Crippen LogP contribution in [0.3, 0.4) is 0 Å². The molecule has 40 heavy (non-hydrogen) atoms. The lowest BCUT2D eigenvalue weighted by atomic mass is 9.98. The lowest BCUT2D eigenvalue weighted by molar-refractivity contribution is -0.183. The second kappa shape index (κ2) is 21.5. The van der Waals surface area contributed by atoms with Crippen LogP contribution in [-0.2, 0) is 18.9 Å². The molecule has 2 rings (SSSR count). The Balaban J connectivity index is 1.47. The van der Waals surface area contributed by atoms with E-state index in [1.54, 1.807) is 0 Å². The summed E-state index contributed by atoms with van der Waals surface area (Å²) in [4.78, 5) is 0. The van der Waals surface area contributed by atoms with Gasteiger partial charge >= 0.3 is 0 Å². The van der Waals surface area contributed by atoms with Crippen molar-refractivity contribution >= 4 is 0 Å². The van der Waals surface area contributed by atoms with Gasteiger partial charge in [0.05, 0.1) is 25.4 Å². The van der Waals surface area contributed by atoms with Crippen LogP contribution in [0.2, 0.25) is 0 Å². The number of ether oxygens (including phenoxy) is 4. The quantitative estimate of drug-likeness (QED) is 0.0976. The maximum absolute atomic E-state index is 6.55. The van der Waals surface area contributed by atoms with E-state index < -0.39 is 0 Å². The lowest BCUT2D eigenvalue weighted by Crippen LogP contribution is -2.32. The summed E-state index contributed by atoms with van der Waals surface area (Å²) in [6.45, 7) is 12.8. The van der Waals surface area contributed by atoms with E-state index in [9.17, 15) is 0 Å². The summed E-state index contributed by atoms with van der Waals surface area (Å²) in [6, 6.07) is 0. The van der Waals surface area contributed by atoms with Gasteiger partial charge in [0.1, 0.15) is 0 Å². The van der Waals surface area contributed by atoms with E-state index in [2.05, 4.69) is 34.6 Å². The molecular weight excluding hydrogens is 496 g/mol. The molecule has 4 heteroatoms. The van der Waals surface area contributed by atoms with Crippen LogP contribution in [0.1, 0.15) is 189 Å². The third-order valence-corrected chi connectivity index (χ3v) is 9.31. The van der Waals surface area contributed by atoms with Crippen molar-refractivity contribution in [2.45, 2.75) is 213 Å². The highest BCUT2D eigenvalue weighted by molar-refractivity contribution is 4.81. The van der Waals surface area contributed by atoms with Crippen LogP contribution in [0.5, 0.6) is 0 Å². The lowest BCUT2D eigenvalue weighted by Gasteiger charge is -2.29. The zero-order chi connectivity index (χ0) is 28.9. The topological polar surface area (TPSA) is 36.9 Å². The molecule has 0 aromatic heterocycles. The summed E-state index contributed by atoms with van der Waals surface area (Å²) in [5.74, 6) is -0.0180. The third-order valence-electron chi connectivity index (χ3n) is 9.31. The zero-order valence-electron chi connectivity index (χ0n) is 27.7. The minimum Gasteiger partial charge on any atom is -0.347 e. The molecule has 238 valence electrons. The van der Waals surface area contributed by atoms with Gasteiger partial charge in [-0.25, -0.2) is 0 Å². The van der Waals surface area contributed by atoms with Crippen molar-refractivity contribution in [3.63, 3.8) is 0 Å². The Bertz CT molecular complexity index is 595. The van der Waals surface area contributed by atoms with Crippen LogP contribution < -0.4 is 0 Å². The first kappa shape index (κ1) is 36.0. The molecule has 2 saturated heterocycles. The Morgan fingerprint density at radius 1 is 0.500 bits per heavy atom. The maximum Gasteiger partial charge on any atom is 0.168 e. The first-order valence-electron chi connectivity index (χ1n) is 18.1. The van der Waals surface area contributed by atoms with Crippen molar-refractivity contribution in [1.82, 2.24) is 0 Å². The molecular formula is C36H70O4. The first-order chi connectivity index (χ1) is 19.4. The molecule has 2 fully saturated rings. The van der Waals surface area contributed by atoms with Gasteiger partial charge in [-0.05, 0) is 38.5 Å². The highest BCUT2D eigenvalue weighted by Crippen LogP contribution is 2.37. The molecule has 0 bridgehead atoms. The maximum atomic E-state index is 6.55. The molecule has 0 spiro atoms. The second-order valence-electron chi connectivity index (χ2n) is 13.6. The van der Waals surface area contributed by atoms with Crippen LogP contribution in [0.15, 0.2) is 0 Å². The molecule has 4 nitrogen and oxygen atoms in total. The normalized spacial score (nSPS) is 26.9. The molecule has 0 amide bonds. The molecule has 0 aliphatic carbocycles. The smallest absolute Gasteiger partial charge is 0.168 e. The Kier molecular flexibility index (Phi) is 19.4. The predicted octanol–water partition coefficient (Wildman–Crippen LogP) is 11.3. The molecule has 0 aromatic rings. The van der Waals surface area contributed by atoms with Crippen molar-refractivity contribution in [2.75, 3.05) is 13.2 Å². The van der Waals surface area contributed by atoms with Gasteiger partial charge in [-0.3, -0.25) is 0 Å². The van der Waals surface area contributed by atoms with Crippen LogP contribution in [0.4, 0.5) is 0 Å². The monoisotopic (exact) mass is 567 g/mol. The van der Waals surface area contributed by atoms with Gasteiger partial charge in [0, 0.05) is 25.7 Å². The fourth-order valence-corrected chi connectivity index (χ4v) is 6.58. The summed E-state index contributed by atoms with van der Waals surface area (Å²) in [6.07, 6.45) is 31.4. The van der Waals surface area contributed by atoms with Gasteiger partial charge in [-0.1, -0.05) is 130 Å². The minimum absolute atomic E-state index is 0.259. The van der Waals surface area contributed by atoms with Crippen molar-refractivity contribution in [3.8, 4) is 0 Å². The van der Waals surface area contributed by atoms with Gasteiger partial charge in [0.15, 0.2) is 11.6 Å². The molecule has 4 unspecified atom stereocenters. The summed E-state index contributed by atoms with van der Waals surface area (Å²) < 4.78 is 25.3. The fourth-order valence-electron chi connectivity index (χ4n) is 6.58. The summed E-state index contributed by atoms with van der Waals surface area (Å²) >= 11 is 0. The number of hydrogen-bond donors (Lipinski definition) is 0. The molecule has 0 aromatic carbocycles. The fraction of sp³-hybridized carbons (Fsp3) is 1.00. The van der Waals surface area contributed by atoms with Crippen LogP contribution in [-0.4, -0.2) is 37.0 Å². The average Bonchev–Trinajstić information content (AvgIpc) is 3.53. The van der Waals surface area contributed by atoms with Crippen molar-refractivity contribution < 1.29 is 18.9 Å². The van der Waals surface area contributed by atoms with E-state index in [1.807, 2.05) is 0 Å². The summed E-state index contributed by atoms with van der Waals surface area (Å²) in [5.41, 5.74) is 0. The summed E-state index contributed by atoms with van der Waals surface area (Å²) in [7, 11) is 0. The van der Waals surface area contributed by atoms with Gasteiger partial charge in [-0.2, -0.15) is 0 Å². The first-order valence-corrected chi connectivity index (χ1v) is 18.1.